The lowest BCUT2D eigenvalue weighted by molar-refractivity contribution is -0.134. The van der Waals surface area contributed by atoms with E-state index in [1.165, 1.54) is 0 Å². The van der Waals surface area contributed by atoms with Gasteiger partial charge in [-0.15, -0.1) is 0 Å². The summed E-state index contributed by atoms with van der Waals surface area (Å²) in [5.41, 5.74) is 0.613. The number of carbonyl (C=O) groups is 2. The Labute approximate surface area is 184 Å². The number of aliphatic imine (C=N–C) groups is 1. The van der Waals surface area contributed by atoms with E-state index in [-0.39, 0.29) is 28.7 Å². The molecule has 0 radical (unpaired) electrons. The molecule has 2 aliphatic rings. The maximum atomic E-state index is 12.5. The standard InChI is InChI=1S/C22H32N4O4S/c1-16(2)22(28)24-17-9-8-14-26(15-17)20(27)12-4-3-7-13-23-21-18-10-5-6-11-19(18)31(29,30)25-21/h5-6,10-11,16-17H,3-4,7-9,12-15H2,1-2H3,(H,23,25)(H,24,28). The van der Waals surface area contributed by atoms with Crippen LogP contribution in [-0.4, -0.2) is 56.6 Å². The highest BCUT2D eigenvalue weighted by molar-refractivity contribution is 7.90. The molecule has 0 aliphatic carbocycles. The van der Waals surface area contributed by atoms with Crippen molar-refractivity contribution < 1.29 is 18.0 Å². The largest absolute Gasteiger partial charge is 0.351 e. The van der Waals surface area contributed by atoms with Crippen molar-refractivity contribution in [2.45, 2.75) is 63.3 Å². The molecule has 2 amide bonds. The number of hydrogen-bond donors (Lipinski definition) is 2. The van der Waals surface area contributed by atoms with E-state index in [0.717, 1.165) is 38.6 Å². The highest BCUT2D eigenvalue weighted by atomic mass is 32.2. The third-order valence-corrected chi connectivity index (χ3v) is 7.02. The predicted octanol–water partition coefficient (Wildman–Crippen LogP) is 2.05. The average Bonchev–Trinajstić information content (AvgIpc) is 3.01. The van der Waals surface area contributed by atoms with Gasteiger partial charge in [0, 0.05) is 43.6 Å². The molecule has 2 N–H and O–H groups in total. The first kappa shape index (κ1) is 23.2. The third kappa shape index (κ3) is 6.06. The van der Waals surface area contributed by atoms with Crippen LogP contribution in [-0.2, 0) is 19.6 Å². The van der Waals surface area contributed by atoms with Crippen LogP contribution in [0.15, 0.2) is 34.2 Å². The van der Waals surface area contributed by atoms with Crippen LogP contribution in [0.4, 0.5) is 0 Å². The highest BCUT2D eigenvalue weighted by Crippen LogP contribution is 2.22. The summed E-state index contributed by atoms with van der Waals surface area (Å²) in [4.78, 5) is 31.0. The Morgan fingerprint density at radius 1 is 1.23 bits per heavy atom. The van der Waals surface area contributed by atoms with Gasteiger partial charge < -0.3 is 10.2 Å². The van der Waals surface area contributed by atoms with Crippen LogP contribution < -0.4 is 10.0 Å². The van der Waals surface area contributed by atoms with E-state index in [4.69, 9.17) is 0 Å². The van der Waals surface area contributed by atoms with Gasteiger partial charge in [-0.3, -0.25) is 19.3 Å². The zero-order valence-corrected chi connectivity index (χ0v) is 19.1. The van der Waals surface area contributed by atoms with Crippen molar-refractivity contribution in [2.75, 3.05) is 19.6 Å². The van der Waals surface area contributed by atoms with Crippen molar-refractivity contribution in [1.82, 2.24) is 14.9 Å². The molecule has 1 fully saturated rings. The summed E-state index contributed by atoms with van der Waals surface area (Å²) in [7, 11) is -3.50. The molecule has 3 rings (SSSR count). The summed E-state index contributed by atoms with van der Waals surface area (Å²) in [5.74, 6) is 0.512. The number of carbonyl (C=O) groups excluding carboxylic acids is 2. The topological polar surface area (TPSA) is 108 Å². The number of likely N-dealkylation sites (tertiary alicyclic amines) is 1. The van der Waals surface area contributed by atoms with E-state index in [9.17, 15) is 18.0 Å². The van der Waals surface area contributed by atoms with Crippen LogP contribution in [0.3, 0.4) is 0 Å². The molecule has 2 heterocycles. The van der Waals surface area contributed by atoms with Crippen LogP contribution in [0.1, 0.15) is 57.9 Å². The van der Waals surface area contributed by atoms with Gasteiger partial charge in [-0.1, -0.05) is 32.4 Å². The van der Waals surface area contributed by atoms with Crippen molar-refractivity contribution in [3.8, 4) is 0 Å². The number of sulfonamides is 1. The third-order valence-electron chi connectivity index (χ3n) is 5.63. The van der Waals surface area contributed by atoms with E-state index in [0.29, 0.717) is 30.9 Å². The quantitative estimate of drug-likeness (QED) is 0.593. The summed E-state index contributed by atoms with van der Waals surface area (Å²) in [6.45, 7) is 5.58. The number of nitrogens with one attached hydrogen (secondary N) is 2. The number of hydrogen-bond acceptors (Lipinski definition) is 5. The fourth-order valence-electron chi connectivity index (χ4n) is 3.85. The van der Waals surface area contributed by atoms with Gasteiger partial charge in [-0.25, -0.2) is 8.42 Å². The van der Waals surface area contributed by atoms with Gasteiger partial charge in [0.15, 0.2) is 0 Å². The number of fused-ring (bicyclic) bond motifs is 1. The van der Waals surface area contributed by atoms with Crippen LogP contribution in [0.2, 0.25) is 0 Å². The fraction of sp³-hybridized carbons (Fsp3) is 0.591. The van der Waals surface area contributed by atoms with Gasteiger partial charge in [-0.2, -0.15) is 0 Å². The minimum absolute atomic E-state index is 0.0353. The van der Waals surface area contributed by atoms with E-state index in [1.54, 1.807) is 24.3 Å². The Hall–Kier alpha value is -2.42. The van der Waals surface area contributed by atoms with Gasteiger partial charge >= 0.3 is 0 Å². The number of rotatable bonds is 8. The number of nitrogens with zero attached hydrogens (tertiary/aromatic N) is 2. The molecule has 1 atom stereocenters. The van der Waals surface area contributed by atoms with Crippen LogP contribution in [0.5, 0.6) is 0 Å². The first-order valence-corrected chi connectivity index (χ1v) is 12.5. The van der Waals surface area contributed by atoms with Gasteiger partial charge in [0.1, 0.15) is 5.84 Å². The molecule has 2 aliphatic heterocycles. The maximum Gasteiger partial charge on any atom is 0.263 e. The SMILES string of the molecule is CC(C)C(=O)NC1CCCN(C(=O)CCCCCN=C2NS(=O)(=O)c3ccccc32)C1. The monoisotopic (exact) mass is 448 g/mol. The molecule has 1 aromatic carbocycles. The zero-order chi connectivity index (χ0) is 22.4. The lowest BCUT2D eigenvalue weighted by atomic mass is 10.0. The van der Waals surface area contributed by atoms with Crippen molar-refractivity contribution in [3.05, 3.63) is 29.8 Å². The van der Waals surface area contributed by atoms with Gasteiger partial charge in [0.05, 0.1) is 4.90 Å². The van der Waals surface area contributed by atoms with Crippen LogP contribution >= 0.6 is 0 Å². The van der Waals surface area contributed by atoms with Gasteiger partial charge in [0.25, 0.3) is 10.0 Å². The second kappa shape index (κ2) is 10.3. The summed E-state index contributed by atoms with van der Waals surface area (Å²) < 4.78 is 26.7. The Morgan fingerprint density at radius 2 is 2.00 bits per heavy atom. The minimum atomic E-state index is -3.50. The molecule has 31 heavy (non-hydrogen) atoms. The molecule has 1 aromatic rings. The molecule has 1 saturated heterocycles. The van der Waals surface area contributed by atoms with Gasteiger partial charge in [-0.05, 0) is 37.8 Å². The minimum Gasteiger partial charge on any atom is -0.351 e. The van der Waals surface area contributed by atoms with E-state index in [2.05, 4.69) is 15.0 Å². The molecular weight excluding hydrogens is 416 g/mol. The maximum absolute atomic E-state index is 12.5. The number of amides is 2. The summed E-state index contributed by atoms with van der Waals surface area (Å²) >= 11 is 0. The number of benzene rings is 1. The Balaban J connectivity index is 1.38. The first-order chi connectivity index (χ1) is 14.8. The number of amidine groups is 1. The zero-order valence-electron chi connectivity index (χ0n) is 18.3. The second-order valence-corrected chi connectivity index (χ2v) is 10.1. The highest BCUT2D eigenvalue weighted by Gasteiger charge is 2.30. The molecule has 1 unspecified atom stereocenters. The van der Waals surface area contributed by atoms with Crippen molar-refractivity contribution in [2.24, 2.45) is 10.9 Å². The van der Waals surface area contributed by atoms with Crippen LogP contribution in [0, 0.1) is 5.92 Å². The number of piperidine rings is 1. The molecular formula is C22H32N4O4S. The fourth-order valence-corrected chi connectivity index (χ4v) is 5.11. The number of unbranched alkanes of at least 4 members (excludes halogenated alkanes) is 2. The molecule has 0 bridgehead atoms. The smallest absolute Gasteiger partial charge is 0.263 e. The molecule has 0 saturated carbocycles. The molecule has 170 valence electrons. The van der Waals surface area contributed by atoms with Crippen molar-refractivity contribution in [1.29, 1.82) is 0 Å². The van der Waals surface area contributed by atoms with E-state index in [1.807, 2.05) is 18.7 Å². The lowest BCUT2D eigenvalue weighted by Crippen LogP contribution is -2.50. The first-order valence-electron chi connectivity index (χ1n) is 11.0. The molecule has 8 nitrogen and oxygen atoms in total. The lowest BCUT2D eigenvalue weighted by Gasteiger charge is -2.33. The van der Waals surface area contributed by atoms with Gasteiger partial charge in [0.2, 0.25) is 11.8 Å². The predicted molar refractivity (Wildman–Crippen MR) is 119 cm³/mol. The summed E-state index contributed by atoms with van der Waals surface area (Å²) in [6.07, 6.45) is 4.70. The van der Waals surface area contributed by atoms with E-state index >= 15 is 0 Å². The summed E-state index contributed by atoms with van der Waals surface area (Å²) in [5, 5.41) is 3.03. The average molecular weight is 449 g/mol. The molecule has 0 aromatic heterocycles. The van der Waals surface area contributed by atoms with E-state index < -0.39 is 10.0 Å². The summed E-state index contributed by atoms with van der Waals surface area (Å²) in [6, 6.07) is 6.86. The van der Waals surface area contributed by atoms with Crippen molar-refractivity contribution in [3.63, 3.8) is 0 Å². The van der Waals surface area contributed by atoms with Crippen molar-refractivity contribution >= 4 is 27.7 Å². The Bertz CT molecular complexity index is 943. The Kier molecular flexibility index (Phi) is 7.69. The molecule has 0 spiro atoms. The Morgan fingerprint density at radius 3 is 2.77 bits per heavy atom. The molecule has 9 heteroatoms. The normalized spacial score (nSPS) is 21.1. The second-order valence-electron chi connectivity index (χ2n) is 8.48. The van der Waals surface area contributed by atoms with Crippen LogP contribution in [0.25, 0.3) is 0 Å².